The minimum atomic E-state index is -4.52. The molecule has 2 aromatic carbocycles. The van der Waals surface area contributed by atoms with Gasteiger partial charge in [-0.2, -0.15) is 4.98 Å². The van der Waals surface area contributed by atoms with Crippen LogP contribution in [-0.4, -0.2) is 49.2 Å². The summed E-state index contributed by atoms with van der Waals surface area (Å²) in [5, 5.41) is 13.5. The lowest BCUT2D eigenvalue weighted by Gasteiger charge is -2.19. The van der Waals surface area contributed by atoms with E-state index in [1.807, 2.05) is 6.92 Å². The van der Waals surface area contributed by atoms with Crippen molar-refractivity contribution in [3.63, 3.8) is 0 Å². The van der Waals surface area contributed by atoms with Gasteiger partial charge >= 0.3 is 0 Å². The molecule has 1 aromatic heterocycles. The SMILES string of the molecule is CCCCc1nc(O)c(S(=O)(=O)c2ccc(C(=O)NC3CC3)cc2)c(=O)n1-c1c(OC)cccc1OC. The van der Waals surface area contributed by atoms with Crippen LogP contribution in [0, 0.1) is 0 Å². The fourth-order valence-electron chi connectivity index (χ4n) is 3.96. The number of para-hydroxylation sites is 1. The van der Waals surface area contributed by atoms with E-state index < -0.39 is 26.2 Å². The number of amides is 1. The number of hydrogen-bond donors (Lipinski definition) is 2. The smallest absolute Gasteiger partial charge is 0.281 e. The Bertz CT molecular complexity index is 1450. The Morgan fingerprint density at radius 3 is 2.27 bits per heavy atom. The van der Waals surface area contributed by atoms with E-state index in [9.17, 15) is 23.1 Å². The number of hydrogen-bond acceptors (Lipinski definition) is 8. The molecule has 0 radical (unpaired) electrons. The predicted molar refractivity (Wildman–Crippen MR) is 136 cm³/mol. The van der Waals surface area contributed by atoms with Crippen LogP contribution in [-0.2, 0) is 16.3 Å². The summed E-state index contributed by atoms with van der Waals surface area (Å²) in [6.07, 6.45) is 3.55. The molecule has 1 saturated carbocycles. The number of aromatic nitrogens is 2. The van der Waals surface area contributed by atoms with Gasteiger partial charge in [0.25, 0.3) is 11.5 Å². The summed E-state index contributed by atoms with van der Waals surface area (Å²) in [5.41, 5.74) is -0.518. The second-order valence-electron chi connectivity index (χ2n) is 8.71. The van der Waals surface area contributed by atoms with Gasteiger partial charge in [0.15, 0.2) is 4.90 Å². The monoisotopic (exact) mass is 527 g/mol. The Kier molecular flexibility index (Phi) is 7.53. The number of nitrogens with one attached hydrogen (secondary N) is 1. The third-order valence-electron chi connectivity index (χ3n) is 6.08. The van der Waals surface area contributed by atoms with Crippen molar-refractivity contribution in [2.75, 3.05) is 14.2 Å². The summed E-state index contributed by atoms with van der Waals surface area (Å²) in [6, 6.07) is 10.2. The highest BCUT2D eigenvalue weighted by Crippen LogP contribution is 2.34. The lowest BCUT2D eigenvalue weighted by molar-refractivity contribution is 0.0951. The average Bonchev–Trinajstić information content (AvgIpc) is 3.71. The molecule has 3 aromatic rings. The number of sulfone groups is 1. The average molecular weight is 528 g/mol. The molecule has 1 fully saturated rings. The maximum Gasteiger partial charge on any atom is 0.281 e. The van der Waals surface area contributed by atoms with Gasteiger partial charge in [0.2, 0.25) is 15.7 Å². The Hall–Kier alpha value is -3.86. The van der Waals surface area contributed by atoms with Gasteiger partial charge < -0.3 is 19.9 Å². The zero-order valence-corrected chi connectivity index (χ0v) is 21.7. The zero-order chi connectivity index (χ0) is 26.7. The highest BCUT2D eigenvalue weighted by Gasteiger charge is 2.32. The minimum Gasteiger partial charge on any atom is -0.494 e. The van der Waals surface area contributed by atoms with Crippen molar-refractivity contribution in [1.82, 2.24) is 14.9 Å². The standard InChI is InChI=1S/C26H29N3O7S/c1-4-5-9-21-28-25(31)23(26(32)29(21)22-19(35-2)7-6-8-20(22)36-3)37(33,34)18-14-10-16(11-15-18)24(30)27-17-12-13-17/h6-8,10-11,14-15,17,31H,4-5,9,12-13H2,1-3H3,(H,27,30). The van der Waals surface area contributed by atoms with E-state index in [1.165, 1.54) is 38.5 Å². The molecule has 2 N–H and O–H groups in total. The predicted octanol–water partition coefficient (Wildman–Crippen LogP) is 3.02. The van der Waals surface area contributed by atoms with E-state index in [0.29, 0.717) is 18.4 Å². The number of aryl methyl sites for hydroxylation is 1. The Morgan fingerprint density at radius 2 is 1.73 bits per heavy atom. The van der Waals surface area contributed by atoms with Crippen LogP contribution in [0.5, 0.6) is 17.4 Å². The van der Waals surface area contributed by atoms with Gasteiger partial charge in [-0.05, 0) is 55.7 Å². The van der Waals surface area contributed by atoms with Gasteiger partial charge in [-0.25, -0.2) is 8.42 Å². The van der Waals surface area contributed by atoms with Gasteiger partial charge in [-0.15, -0.1) is 0 Å². The largest absolute Gasteiger partial charge is 0.494 e. The molecule has 10 nitrogen and oxygen atoms in total. The number of benzene rings is 2. The molecule has 0 atom stereocenters. The summed E-state index contributed by atoms with van der Waals surface area (Å²) in [6.45, 7) is 1.96. The van der Waals surface area contributed by atoms with Crippen molar-refractivity contribution in [2.24, 2.45) is 0 Å². The Labute approximate surface area is 214 Å². The molecule has 196 valence electrons. The fourth-order valence-corrected chi connectivity index (χ4v) is 5.29. The first kappa shape index (κ1) is 26.2. The second kappa shape index (κ2) is 10.6. The van der Waals surface area contributed by atoms with Crippen LogP contribution in [0.3, 0.4) is 0 Å². The van der Waals surface area contributed by atoms with E-state index >= 15 is 0 Å². The number of aromatic hydroxyl groups is 1. The van der Waals surface area contributed by atoms with Crippen LogP contribution >= 0.6 is 0 Å². The van der Waals surface area contributed by atoms with Crippen molar-refractivity contribution < 1.29 is 27.8 Å². The van der Waals surface area contributed by atoms with E-state index in [-0.39, 0.29) is 39.9 Å². The lowest BCUT2D eigenvalue weighted by atomic mass is 10.2. The van der Waals surface area contributed by atoms with Crippen LogP contribution in [0.25, 0.3) is 5.69 Å². The van der Waals surface area contributed by atoms with Crippen LogP contribution in [0.2, 0.25) is 0 Å². The van der Waals surface area contributed by atoms with Gasteiger partial charge in [-0.3, -0.25) is 14.2 Å². The number of carbonyl (C=O) groups excluding carboxylic acids is 1. The maximum absolute atomic E-state index is 13.8. The molecule has 1 heterocycles. The topological polar surface area (TPSA) is 137 Å². The highest BCUT2D eigenvalue weighted by atomic mass is 32.2. The van der Waals surface area contributed by atoms with Crippen molar-refractivity contribution in [3.05, 3.63) is 64.2 Å². The normalized spacial score (nSPS) is 13.3. The minimum absolute atomic E-state index is 0.149. The lowest BCUT2D eigenvalue weighted by Crippen LogP contribution is -2.30. The molecule has 0 unspecified atom stereocenters. The molecular weight excluding hydrogens is 498 g/mol. The molecule has 0 aliphatic heterocycles. The van der Waals surface area contributed by atoms with Gasteiger partial charge in [0.1, 0.15) is 23.0 Å². The maximum atomic E-state index is 13.8. The number of ether oxygens (including phenoxy) is 2. The first-order chi connectivity index (χ1) is 17.7. The molecule has 0 saturated heterocycles. The molecule has 0 spiro atoms. The van der Waals surface area contributed by atoms with E-state index in [4.69, 9.17) is 9.47 Å². The zero-order valence-electron chi connectivity index (χ0n) is 20.9. The first-order valence-corrected chi connectivity index (χ1v) is 13.4. The molecule has 1 amide bonds. The second-order valence-corrected chi connectivity index (χ2v) is 10.6. The third kappa shape index (κ3) is 5.17. The molecule has 4 rings (SSSR count). The van der Waals surface area contributed by atoms with Crippen molar-refractivity contribution in [3.8, 4) is 23.1 Å². The van der Waals surface area contributed by atoms with Crippen LogP contribution in [0.1, 0.15) is 48.8 Å². The van der Waals surface area contributed by atoms with Gasteiger partial charge in [0.05, 0.1) is 19.1 Å². The molecule has 0 bridgehead atoms. The number of methoxy groups -OCH3 is 2. The van der Waals surface area contributed by atoms with Crippen LogP contribution in [0.4, 0.5) is 0 Å². The quantitative estimate of drug-likeness (QED) is 0.411. The van der Waals surface area contributed by atoms with Gasteiger partial charge in [0, 0.05) is 18.0 Å². The van der Waals surface area contributed by atoms with Crippen molar-refractivity contribution in [2.45, 2.75) is 54.9 Å². The molecule has 1 aliphatic rings. The Morgan fingerprint density at radius 1 is 1.11 bits per heavy atom. The van der Waals surface area contributed by atoms with E-state index in [2.05, 4.69) is 10.3 Å². The first-order valence-electron chi connectivity index (χ1n) is 11.9. The molecule has 1 aliphatic carbocycles. The summed E-state index contributed by atoms with van der Waals surface area (Å²) < 4.78 is 39.2. The van der Waals surface area contributed by atoms with E-state index in [1.54, 1.807) is 18.2 Å². The summed E-state index contributed by atoms with van der Waals surface area (Å²) in [7, 11) is -1.68. The number of nitrogens with zero attached hydrogens (tertiary/aromatic N) is 2. The molecular formula is C26H29N3O7S. The third-order valence-corrected chi connectivity index (χ3v) is 7.87. The summed E-state index contributed by atoms with van der Waals surface area (Å²) >= 11 is 0. The summed E-state index contributed by atoms with van der Waals surface area (Å²) in [4.78, 5) is 29.1. The Balaban J connectivity index is 1.88. The van der Waals surface area contributed by atoms with Crippen LogP contribution < -0.4 is 20.3 Å². The number of carbonyl (C=O) groups is 1. The van der Waals surface area contributed by atoms with Gasteiger partial charge in [-0.1, -0.05) is 19.4 Å². The summed E-state index contributed by atoms with van der Waals surface area (Å²) in [5.74, 6) is -0.501. The van der Waals surface area contributed by atoms with E-state index in [0.717, 1.165) is 23.8 Å². The highest BCUT2D eigenvalue weighted by molar-refractivity contribution is 7.91. The number of rotatable bonds is 10. The fraction of sp³-hybridized carbons (Fsp3) is 0.346. The molecule has 11 heteroatoms. The van der Waals surface area contributed by atoms with Crippen molar-refractivity contribution in [1.29, 1.82) is 0 Å². The number of unbranched alkanes of at least 4 members (excludes halogenated alkanes) is 1. The van der Waals surface area contributed by atoms with Crippen LogP contribution in [0.15, 0.2) is 57.1 Å². The molecule has 37 heavy (non-hydrogen) atoms. The van der Waals surface area contributed by atoms with Crippen molar-refractivity contribution >= 4 is 15.7 Å².